The number of nitrogens with one attached hydrogen (secondary N) is 1. The van der Waals surface area contributed by atoms with Crippen LogP contribution in [0, 0.1) is 28.5 Å². The second kappa shape index (κ2) is 5.00. The van der Waals surface area contributed by atoms with Gasteiger partial charge in [-0.3, -0.25) is 4.79 Å². The molecule has 19 heavy (non-hydrogen) atoms. The summed E-state index contributed by atoms with van der Waals surface area (Å²) >= 11 is 0. The Morgan fingerprint density at radius 1 is 1.53 bits per heavy atom. The van der Waals surface area contributed by atoms with Gasteiger partial charge < -0.3 is 5.32 Å². The summed E-state index contributed by atoms with van der Waals surface area (Å²) in [7, 11) is 0. The summed E-state index contributed by atoms with van der Waals surface area (Å²) in [4.78, 5) is 12.2. The number of rotatable bonds is 3. The van der Waals surface area contributed by atoms with E-state index < -0.39 is 11.5 Å². The molecule has 3 nitrogen and oxygen atoms in total. The van der Waals surface area contributed by atoms with Gasteiger partial charge in [0.25, 0.3) is 0 Å². The highest BCUT2D eigenvalue weighted by Gasteiger charge is 2.49. The Hall–Kier alpha value is -1.89. The van der Waals surface area contributed by atoms with Gasteiger partial charge in [-0.05, 0) is 31.7 Å². The van der Waals surface area contributed by atoms with E-state index in [0.29, 0.717) is 24.3 Å². The lowest BCUT2D eigenvalue weighted by atomic mass is 9.63. The number of hydrogen-bond donors (Lipinski definition) is 1. The highest BCUT2D eigenvalue weighted by molar-refractivity contribution is 5.86. The van der Waals surface area contributed by atoms with Gasteiger partial charge in [0.05, 0.1) is 12.1 Å². The van der Waals surface area contributed by atoms with Crippen molar-refractivity contribution < 1.29 is 9.18 Å². The van der Waals surface area contributed by atoms with E-state index >= 15 is 0 Å². The van der Waals surface area contributed by atoms with E-state index in [1.165, 1.54) is 6.07 Å². The van der Waals surface area contributed by atoms with Crippen molar-refractivity contribution in [3.63, 3.8) is 0 Å². The molecule has 1 aliphatic carbocycles. The molecule has 1 aliphatic rings. The lowest BCUT2D eigenvalue weighted by Crippen LogP contribution is -2.48. The van der Waals surface area contributed by atoms with Gasteiger partial charge in [0.15, 0.2) is 0 Å². The standard InChI is InChI=1S/C15H17FN2O/c1-10-7-15(8-10,9-17)14(19)18-11(2)12-5-3-4-6-13(12)16/h3-6,10-11H,7-8H2,1-2H3,(H,18,19). The molecule has 0 heterocycles. The van der Waals surface area contributed by atoms with Crippen LogP contribution in [0.4, 0.5) is 4.39 Å². The average Bonchev–Trinajstić information content (AvgIpc) is 2.34. The number of nitrogens with zero attached hydrogens (tertiary/aromatic N) is 1. The van der Waals surface area contributed by atoms with Gasteiger partial charge in [-0.25, -0.2) is 4.39 Å². The third-order valence-corrected chi connectivity index (χ3v) is 3.76. The normalized spacial score (nSPS) is 26.9. The lowest BCUT2D eigenvalue weighted by Gasteiger charge is -2.39. The van der Waals surface area contributed by atoms with Crippen LogP contribution in [0.25, 0.3) is 0 Å². The third kappa shape index (κ3) is 2.46. The van der Waals surface area contributed by atoms with Gasteiger partial charge in [0.1, 0.15) is 11.2 Å². The van der Waals surface area contributed by atoms with Gasteiger partial charge in [0, 0.05) is 5.56 Å². The first-order valence-corrected chi connectivity index (χ1v) is 6.45. The Labute approximate surface area is 112 Å². The average molecular weight is 260 g/mol. The second-order valence-electron chi connectivity index (χ2n) is 5.42. The van der Waals surface area contributed by atoms with Crippen molar-refractivity contribution in [2.45, 2.75) is 32.7 Å². The number of halogens is 1. The smallest absolute Gasteiger partial charge is 0.240 e. The molecule has 0 aliphatic heterocycles. The SMILES string of the molecule is CC1CC(C#N)(C(=O)NC(C)c2ccccc2F)C1. The molecule has 1 saturated carbocycles. The summed E-state index contributed by atoms with van der Waals surface area (Å²) in [6.07, 6.45) is 1.17. The van der Waals surface area contributed by atoms with Crippen molar-refractivity contribution in [2.75, 3.05) is 0 Å². The molecule has 0 bridgehead atoms. The van der Waals surface area contributed by atoms with Crippen molar-refractivity contribution in [1.29, 1.82) is 5.26 Å². The minimum Gasteiger partial charge on any atom is -0.348 e. The highest BCUT2D eigenvalue weighted by atomic mass is 19.1. The predicted molar refractivity (Wildman–Crippen MR) is 69.4 cm³/mol. The van der Waals surface area contributed by atoms with Crippen LogP contribution in [0.15, 0.2) is 24.3 Å². The Bertz CT molecular complexity index is 529. The first-order chi connectivity index (χ1) is 8.98. The Kier molecular flexibility index (Phi) is 3.57. The van der Waals surface area contributed by atoms with E-state index in [1.807, 2.05) is 6.92 Å². The molecule has 1 aromatic rings. The van der Waals surface area contributed by atoms with Crippen LogP contribution in [0.5, 0.6) is 0 Å². The lowest BCUT2D eigenvalue weighted by molar-refractivity contribution is -0.134. The van der Waals surface area contributed by atoms with Crippen LogP contribution in [0.3, 0.4) is 0 Å². The number of nitriles is 1. The van der Waals surface area contributed by atoms with E-state index in [4.69, 9.17) is 0 Å². The Balaban J connectivity index is 2.08. The number of carbonyl (C=O) groups is 1. The number of carbonyl (C=O) groups excluding carboxylic acids is 1. The Morgan fingerprint density at radius 2 is 2.16 bits per heavy atom. The molecule has 1 atom stereocenters. The molecular weight excluding hydrogens is 243 g/mol. The summed E-state index contributed by atoms with van der Waals surface area (Å²) in [5.74, 6) is -0.235. The van der Waals surface area contributed by atoms with E-state index in [-0.39, 0.29) is 11.7 Å². The fraction of sp³-hybridized carbons (Fsp3) is 0.467. The fourth-order valence-corrected chi connectivity index (χ4v) is 2.70. The minimum absolute atomic E-state index is 0.288. The molecule has 2 rings (SSSR count). The maximum Gasteiger partial charge on any atom is 0.240 e. The summed E-state index contributed by atoms with van der Waals surface area (Å²) < 4.78 is 13.6. The quantitative estimate of drug-likeness (QED) is 0.908. The van der Waals surface area contributed by atoms with Crippen molar-refractivity contribution in [3.05, 3.63) is 35.6 Å². The topological polar surface area (TPSA) is 52.9 Å². The van der Waals surface area contributed by atoms with Crippen LogP contribution in [0.1, 0.15) is 38.3 Å². The zero-order chi connectivity index (χ0) is 14.0. The van der Waals surface area contributed by atoms with Crippen LogP contribution in [-0.2, 0) is 4.79 Å². The van der Waals surface area contributed by atoms with Crippen LogP contribution < -0.4 is 5.32 Å². The number of amides is 1. The zero-order valence-electron chi connectivity index (χ0n) is 11.1. The third-order valence-electron chi connectivity index (χ3n) is 3.76. The minimum atomic E-state index is -0.918. The highest BCUT2D eigenvalue weighted by Crippen LogP contribution is 2.45. The van der Waals surface area contributed by atoms with E-state index in [9.17, 15) is 14.4 Å². The maximum atomic E-state index is 13.6. The van der Waals surface area contributed by atoms with Crippen LogP contribution in [0.2, 0.25) is 0 Å². The fourth-order valence-electron chi connectivity index (χ4n) is 2.70. The molecule has 100 valence electrons. The molecule has 1 amide bonds. The second-order valence-corrected chi connectivity index (χ2v) is 5.42. The summed E-state index contributed by atoms with van der Waals surface area (Å²) in [6.45, 7) is 3.74. The van der Waals surface area contributed by atoms with Crippen molar-refractivity contribution in [3.8, 4) is 6.07 Å². The van der Waals surface area contributed by atoms with E-state index in [2.05, 4.69) is 11.4 Å². The summed E-state index contributed by atoms with van der Waals surface area (Å²) in [5.41, 5.74) is -0.477. The molecule has 4 heteroatoms. The van der Waals surface area contributed by atoms with Crippen molar-refractivity contribution >= 4 is 5.91 Å². The largest absolute Gasteiger partial charge is 0.348 e. The number of benzene rings is 1. The first-order valence-electron chi connectivity index (χ1n) is 6.45. The molecule has 0 aromatic heterocycles. The van der Waals surface area contributed by atoms with Gasteiger partial charge in [-0.15, -0.1) is 0 Å². The molecule has 0 radical (unpaired) electrons. The molecule has 1 fully saturated rings. The Morgan fingerprint density at radius 3 is 2.68 bits per heavy atom. The van der Waals surface area contributed by atoms with Crippen LogP contribution >= 0.6 is 0 Å². The van der Waals surface area contributed by atoms with E-state index in [0.717, 1.165) is 0 Å². The predicted octanol–water partition coefficient (Wildman–Crippen LogP) is 2.94. The van der Waals surface area contributed by atoms with Crippen LogP contribution in [-0.4, -0.2) is 5.91 Å². The van der Waals surface area contributed by atoms with Gasteiger partial charge in [-0.1, -0.05) is 25.1 Å². The molecule has 1 aromatic carbocycles. The van der Waals surface area contributed by atoms with E-state index in [1.54, 1.807) is 25.1 Å². The van der Waals surface area contributed by atoms with Gasteiger partial charge in [-0.2, -0.15) is 5.26 Å². The maximum absolute atomic E-state index is 13.6. The molecular formula is C15H17FN2O. The number of hydrogen-bond acceptors (Lipinski definition) is 2. The van der Waals surface area contributed by atoms with Gasteiger partial charge >= 0.3 is 0 Å². The van der Waals surface area contributed by atoms with Crippen molar-refractivity contribution in [2.24, 2.45) is 11.3 Å². The molecule has 0 spiro atoms. The monoisotopic (exact) mass is 260 g/mol. The zero-order valence-corrected chi connectivity index (χ0v) is 11.1. The first kappa shape index (κ1) is 13.5. The van der Waals surface area contributed by atoms with Crippen molar-refractivity contribution in [1.82, 2.24) is 5.32 Å². The molecule has 1 unspecified atom stereocenters. The molecule has 1 N–H and O–H groups in total. The molecule has 0 saturated heterocycles. The van der Waals surface area contributed by atoms with Gasteiger partial charge in [0.2, 0.25) is 5.91 Å². The summed E-state index contributed by atoms with van der Waals surface area (Å²) in [5, 5.41) is 11.9. The summed E-state index contributed by atoms with van der Waals surface area (Å²) in [6, 6.07) is 8.02.